The van der Waals surface area contributed by atoms with E-state index in [0.29, 0.717) is 11.8 Å². The minimum absolute atomic E-state index is 0.00558. The fourth-order valence-corrected chi connectivity index (χ4v) is 4.58. The lowest BCUT2D eigenvalue weighted by atomic mass is 9.80. The van der Waals surface area contributed by atoms with E-state index in [-0.39, 0.29) is 6.73 Å². The Bertz CT molecular complexity index is 1120. The van der Waals surface area contributed by atoms with Crippen molar-refractivity contribution in [1.82, 2.24) is 0 Å². The molecule has 1 aliphatic carbocycles. The summed E-state index contributed by atoms with van der Waals surface area (Å²) in [4.78, 5) is 8.10. The number of nitrogens with zero attached hydrogens (tertiary/aromatic N) is 2. The lowest BCUT2D eigenvalue weighted by molar-refractivity contribution is 0.282. The Morgan fingerprint density at radius 1 is 1.00 bits per heavy atom. The molecule has 0 fully saturated rings. The highest BCUT2D eigenvalue weighted by molar-refractivity contribution is 5.72. The Kier molecular flexibility index (Phi) is 5.70. The molecule has 2 atom stereocenters. The van der Waals surface area contributed by atoms with Gasteiger partial charge in [0.2, 0.25) is 0 Å². The average Bonchev–Trinajstić information content (AvgIpc) is 3.28. The van der Waals surface area contributed by atoms with Crippen molar-refractivity contribution in [2.75, 3.05) is 23.2 Å². The van der Waals surface area contributed by atoms with Gasteiger partial charge in [-0.15, -0.1) is 0 Å². The van der Waals surface area contributed by atoms with Crippen molar-refractivity contribution < 1.29 is 9.94 Å². The van der Waals surface area contributed by atoms with Crippen LogP contribution < -0.4 is 14.8 Å². The smallest absolute Gasteiger partial charge is 0.160 e. The fraction of sp³-hybridized carbons (Fsp3) is 0.214. The largest absolute Gasteiger partial charge is 0.379 e. The van der Waals surface area contributed by atoms with Crippen molar-refractivity contribution in [3.63, 3.8) is 0 Å². The van der Waals surface area contributed by atoms with Gasteiger partial charge in [0.15, 0.2) is 5.75 Å². The summed E-state index contributed by atoms with van der Waals surface area (Å²) in [6, 6.07) is 26.8. The third kappa shape index (κ3) is 4.02. The van der Waals surface area contributed by atoms with Gasteiger partial charge < -0.3 is 14.8 Å². The van der Waals surface area contributed by atoms with Gasteiger partial charge in [-0.05, 0) is 53.5 Å². The highest BCUT2D eigenvalue weighted by Crippen LogP contribution is 2.38. The predicted octanol–water partition coefficient (Wildman–Crippen LogP) is 5.66. The van der Waals surface area contributed by atoms with Crippen molar-refractivity contribution in [3.8, 4) is 5.75 Å². The number of aliphatic hydroxyl groups excluding tert-OH is 1. The zero-order chi connectivity index (χ0) is 21.9. The van der Waals surface area contributed by atoms with Crippen LogP contribution in [-0.2, 0) is 6.54 Å². The molecule has 162 valence electrons. The first-order chi connectivity index (χ1) is 15.7. The van der Waals surface area contributed by atoms with Crippen LogP contribution in [0.15, 0.2) is 97.1 Å². The van der Waals surface area contributed by atoms with Gasteiger partial charge in [-0.25, -0.2) is 5.06 Å². The molecule has 1 heterocycles. The van der Waals surface area contributed by atoms with Gasteiger partial charge in [-0.1, -0.05) is 67.6 Å². The number of benzene rings is 3. The van der Waals surface area contributed by atoms with Crippen LogP contribution in [0, 0.1) is 11.8 Å². The first-order valence-electron chi connectivity index (χ1n) is 11.2. The molecule has 2 unspecified atom stereocenters. The maximum Gasteiger partial charge on any atom is 0.160 e. The number of para-hydroxylation sites is 2. The average molecular weight is 425 g/mol. The lowest BCUT2D eigenvalue weighted by Gasteiger charge is -2.32. The molecule has 0 spiro atoms. The van der Waals surface area contributed by atoms with E-state index < -0.39 is 0 Å². The molecule has 3 aromatic rings. The second-order valence-corrected chi connectivity index (χ2v) is 8.44. The Morgan fingerprint density at radius 2 is 1.75 bits per heavy atom. The normalized spacial score (nSPS) is 19.3. The van der Waals surface area contributed by atoms with Crippen molar-refractivity contribution in [1.29, 1.82) is 0 Å². The summed E-state index contributed by atoms with van der Waals surface area (Å²) >= 11 is 0. The molecule has 0 radical (unpaired) electrons. The zero-order valence-corrected chi connectivity index (χ0v) is 18.3. The number of hydroxylamine groups is 1. The van der Waals surface area contributed by atoms with E-state index in [1.165, 1.54) is 16.7 Å². The summed E-state index contributed by atoms with van der Waals surface area (Å²) in [5.74, 6) is 1.57. The first-order valence-corrected chi connectivity index (χ1v) is 11.2. The monoisotopic (exact) mass is 424 g/mol. The summed E-state index contributed by atoms with van der Waals surface area (Å²) in [7, 11) is 0. The van der Waals surface area contributed by atoms with E-state index in [2.05, 4.69) is 55.5 Å². The molecule has 4 heteroatoms. The molecule has 5 rings (SSSR count). The van der Waals surface area contributed by atoms with Crippen molar-refractivity contribution in [3.05, 3.63) is 108 Å². The van der Waals surface area contributed by atoms with E-state index in [4.69, 9.17) is 4.84 Å². The van der Waals surface area contributed by atoms with Gasteiger partial charge in [0.1, 0.15) is 6.73 Å². The standard InChI is InChI=1S/C28H28N2O2/c1-21-23(18-29(20-31)25-10-4-2-5-11-25)9-8-14-27(21)22-15-16-28-24(17-22)19-30(32-28)26-12-6-3-7-13-26/h2-17,21,23,31H,18-20H2,1H3. The predicted molar refractivity (Wildman–Crippen MR) is 130 cm³/mol. The third-order valence-corrected chi connectivity index (χ3v) is 6.45. The van der Waals surface area contributed by atoms with Gasteiger partial charge >= 0.3 is 0 Å². The van der Waals surface area contributed by atoms with Gasteiger partial charge in [-0.2, -0.15) is 0 Å². The molecule has 1 N–H and O–H groups in total. The van der Waals surface area contributed by atoms with Crippen LogP contribution in [0.2, 0.25) is 0 Å². The van der Waals surface area contributed by atoms with Crippen molar-refractivity contribution in [2.45, 2.75) is 13.5 Å². The van der Waals surface area contributed by atoms with E-state index in [0.717, 1.165) is 30.2 Å². The minimum Gasteiger partial charge on any atom is -0.379 e. The maximum absolute atomic E-state index is 9.97. The number of allylic oxidation sites excluding steroid dienone is 3. The van der Waals surface area contributed by atoms with Gasteiger partial charge in [-0.3, -0.25) is 0 Å². The minimum atomic E-state index is 0.00558. The summed E-state index contributed by atoms with van der Waals surface area (Å²) in [6.45, 7) is 3.79. The molecule has 1 aliphatic heterocycles. The molecular weight excluding hydrogens is 396 g/mol. The van der Waals surface area contributed by atoms with Gasteiger partial charge in [0.25, 0.3) is 0 Å². The van der Waals surface area contributed by atoms with E-state index in [1.54, 1.807) is 0 Å². The third-order valence-electron chi connectivity index (χ3n) is 6.45. The van der Waals surface area contributed by atoms with Crippen molar-refractivity contribution in [2.24, 2.45) is 11.8 Å². The van der Waals surface area contributed by atoms with E-state index in [1.807, 2.05) is 58.5 Å². The van der Waals surface area contributed by atoms with Gasteiger partial charge in [0.05, 0.1) is 12.2 Å². The number of hydrogen-bond donors (Lipinski definition) is 1. The Morgan fingerprint density at radius 3 is 2.50 bits per heavy atom. The highest BCUT2D eigenvalue weighted by atomic mass is 16.7. The highest BCUT2D eigenvalue weighted by Gasteiger charge is 2.27. The second-order valence-electron chi connectivity index (χ2n) is 8.44. The molecular formula is C28H28N2O2. The second kappa shape index (κ2) is 8.93. The number of fused-ring (bicyclic) bond motifs is 1. The molecule has 32 heavy (non-hydrogen) atoms. The number of aliphatic hydroxyl groups is 1. The molecule has 3 aromatic carbocycles. The SMILES string of the molecule is CC1C(c2ccc3c(c2)CN(c2ccccc2)O3)=CC=CC1CN(CO)c1ccccc1. The number of hydrogen-bond acceptors (Lipinski definition) is 4. The van der Waals surface area contributed by atoms with Crippen LogP contribution in [0.4, 0.5) is 11.4 Å². The lowest BCUT2D eigenvalue weighted by Crippen LogP contribution is -2.33. The van der Waals surface area contributed by atoms with Crippen LogP contribution >= 0.6 is 0 Å². The molecule has 4 nitrogen and oxygen atoms in total. The Balaban J connectivity index is 1.33. The molecule has 2 aliphatic rings. The maximum atomic E-state index is 9.97. The first kappa shape index (κ1) is 20.4. The number of rotatable bonds is 6. The summed E-state index contributed by atoms with van der Waals surface area (Å²) in [5.41, 5.74) is 5.86. The molecule has 0 amide bonds. The summed E-state index contributed by atoms with van der Waals surface area (Å²) in [6.07, 6.45) is 6.63. The van der Waals surface area contributed by atoms with Crippen LogP contribution in [0.1, 0.15) is 18.1 Å². The van der Waals surface area contributed by atoms with Gasteiger partial charge in [0, 0.05) is 23.7 Å². The summed E-state index contributed by atoms with van der Waals surface area (Å²) < 4.78 is 0. The molecule has 0 saturated heterocycles. The molecule has 0 saturated carbocycles. The molecule has 0 aromatic heterocycles. The van der Waals surface area contributed by atoms with Crippen LogP contribution in [0.3, 0.4) is 0 Å². The van der Waals surface area contributed by atoms with Crippen LogP contribution in [0.5, 0.6) is 5.75 Å². The van der Waals surface area contributed by atoms with Crippen LogP contribution in [-0.4, -0.2) is 18.4 Å². The number of anilines is 2. The topological polar surface area (TPSA) is 35.9 Å². The Hall–Kier alpha value is -3.50. The zero-order valence-electron chi connectivity index (χ0n) is 18.3. The molecule has 0 bridgehead atoms. The van der Waals surface area contributed by atoms with Crippen molar-refractivity contribution >= 4 is 16.9 Å². The van der Waals surface area contributed by atoms with E-state index >= 15 is 0 Å². The summed E-state index contributed by atoms with van der Waals surface area (Å²) in [5, 5.41) is 11.9. The fourth-order valence-electron chi connectivity index (χ4n) is 4.58. The van der Waals surface area contributed by atoms with Crippen LogP contribution in [0.25, 0.3) is 5.57 Å². The quantitative estimate of drug-likeness (QED) is 0.518. The Labute approximate surface area is 189 Å². The van der Waals surface area contributed by atoms with E-state index in [9.17, 15) is 5.11 Å².